The van der Waals surface area contributed by atoms with Gasteiger partial charge in [0, 0.05) is 36.1 Å². The second-order valence-corrected chi connectivity index (χ2v) is 9.20. The van der Waals surface area contributed by atoms with Crippen LogP contribution in [0.5, 0.6) is 0 Å². The van der Waals surface area contributed by atoms with Gasteiger partial charge in [0.25, 0.3) is 5.56 Å². The molecule has 0 fully saturated rings. The molecule has 0 bridgehead atoms. The first kappa shape index (κ1) is 21.3. The Morgan fingerprint density at radius 2 is 2.10 bits per heavy atom. The van der Waals surface area contributed by atoms with E-state index in [0.29, 0.717) is 17.5 Å². The molecule has 160 valence electrons. The molecule has 1 aliphatic rings. The highest BCUT2D eigenvalue weighted by Gasteiger charge is 2.24. The first-order valence-electron chi connectivity index (χ1n) is 10.5. The quantitative estimate of drug-likeness (QED) is 0.598. The number of nitrogens with zero attached hydrogens (tertiary/aromatic N) is 4. The van der Waals surface area contributed by atoms with Crippen LogP contribution in [0.4, 0.5) is 5.95 Å². The Labute approximate surface area is 186 Å². The maximum atomic E-state index is 13.7. The number of hydrogen-bond acceptors (Lipinski definition) is 6. The van der Waals surface area contributed by atoms with Crippen LogP contribution < -0.4 is 10.9 Å². The van der Waals surface area contributed by atoms with E-state index < -0.39 is 0 Å². The zero-order valence-electron chi connectivity index (χ0n) is 17.7. The Morgan fingerprint density at radius 1 is 1.30 bits per heavy atom. The van der Waals surface area contributed by atoms with Gasteiger partial charge in [0.05, 0.1) is 11.1 Å². The normalized spacial score (nSPS) is 14.4. The predicted octanol–water partition coefficient (Wildman–Crippen LogP) is 3.84. The van der Waals surface area contributed by atoms with Crippen molar-refractivity contribution in [2.75, 3.05) is 45.1 Å². The van der Waals surface area contributed by atoms with Gasteiger partial charge < -0.3 is 15.1 Å². The maximum absolute atomic E-state index is 13.7. The largest absolute Gasteiger partial charge is 0.354 e. The Hall–Kier alpha value is -1.93. The molecule has 6 nitrogen and oxygen atoms in total. The first-order chi connectivity index (χ1) is 14.5. The van der Waals surface area contributed by atoms with Gasteiger partial charge in [-0.15, -0.1) is 11.3 Å². The highest BCUT2D eigenvalue weighted by molar-refractivity contribution is 7.18. The minimum atomic E-state index is -0.0188. The van der Waals surface area contributed by atoms with Gasteiger partial charge in [-0.2, -0.15) is 0 Å². The van der Waals surface area contributed by atoms with Crippen molar-refractivity contribution in [1.29, 1.82) is 0 Å². The van der Waals surface area contributed by atoms with Crippen molar-refractivity contribution < 1.29 is 0 Å². The molecular formula is C22H28ClN5OS. The van der Waals surface area contributed by atoms with Crippen LogP contribution in [0.25, 0.3) is 15.9 Å². The summed E-state index contributed by atoms with van der Waals surface area (Å²) in [6.45, 7) is 9.74. The van der Waals surface area contributed by atoms with Crippen molar-refractivity contribution in [3.8, 4) is 5.69 Å². The van der Waals surface area contributed by atoms with Crippen molar-refractivity contribution in [1.82, 2.24) is 19.4 Å². The molecule has 1 N–H and O–H groups in total. The van der Waals surface area contributed by atoms with Crippen LogP contribution in [-0.4, -0.2) is 59.1 Å². The molecule has 3 heterocycles. The van der Waals surface area contributed by atoms with Gasteiger partial charge >= 0.3 is 0 Å². The fraction of sp³-hybridized carbons (Fsp3) is 0.455. The highest BCUT2D eigenvalue weighted by Crippen LogP contribution is 2.33. The monoisotopic (exact) mass is 445 g/mol. The number of benzene rings is 1. The van der Waals surface area contributed by atoms with Crippen molar-refractivity contribution in [2.45, 2.75) is 26.8 Å². The second kappa shape index (κ2) is 9.06. The lowest BCUT2D eigenvalue weighted by atomic mass is 10.1. The summed E-state index contributed by atoms with van der Waals surface area (Å²) < 4.78 is 1.68. The topological polar surface area (TPSA) is 53.4 Å². The van der Waals surface area contributed by atoms with E-state index >= 15 is 0 Å². The predicted molar refractivity (Wildman–Crippen MR) is 127 cm³/mol. The van der Waals surface area contributed by atoms with Crippen LogP contribution in [-0.2, 0) is 13.0 Å². The van der Waals surface area contributed by atoms with Crippen molar-refractivity contribution >= 4 is 39.1 Å². The Kier molecular flexibility index (Phi) is 6.43. The summed E-state index contributed by atoms with van der Waals surface area (Å²) in [7, 11) is 2.12. The fourth-order valence-electron chi connectivity index (χ4n) is 4.01. The van der Waals surface area contributed by atoms with Gasteiger partial charge in [-0.25, -0.2) is 9.55 Å². The molecule has 0 saturated carbocycles. The lowest BCUT2D eigenvalue weighted by Gasteiger charge is -2.22. The molecule has 8 heteroatoms. The van der Waals surface area contributed by atoms with E-state index in [0.717, 1.165) is 60.6 Å². The van der Waals surface area contributed by atoms with Crippen LogP contribution in [0.15, 0.2) is 29.1 Å². The summed E-state index contributed by atoms with van der Waals surface area (Å²) in [5, 5.41) is 4.78. The molecule has 0 atom stereocenters. The summed E-state index contributed by atoms with van der Waals surface area (Å²) in [6.07, 6.45) is 0.882. The number of aromatic nitrogens is 2. The maximum Gasteiger partial charge on any atom is 0.268 e. The second-order valence-electron chi connectivity index (χ2n) is 7.68. The van der Waals surface area contributed by atoms with E-state index in [1.165, 1.54) is 4.88 Å². The lowest BCUT2D eigenvalue weighted by molar-refractivity contribution is 0.315. The van der Waals surface area contributed by atoms with E-state index in [-0.39, 0.29) is 5.56 Å². The minimum absolute atomic E-state index is 0.0188. The average Bonchev–Trinajstić information content (AvgIpc) is 3.08. The van der Waals surface area contributed by atoms with Crippen LogP contribution in [0, 0.1) is 0 Å². The third kappa shape index (κ3) is 4.12. The van der Waals surface area contributed by atoms with Crippen molar-refractivity contribution in [3.05, 3.63) is 50.1 Å². The molecule has 0 unspecified atom stereocenters. The molecule has 4 rings (SSSR count). The number of fused-ring (bicyclic) bond motifs is 3. The van der Waals surface area contributed by atoms with E-state index in [4.69, 9.17) is 16.6 Å². The standard InChI is InChI=1S/C22H28ClN5OS/c1-4-27(5-2)12-10-24-22-25-20-19(17-9-11-26(3)14-18(17)30-20)21(29)28(22)16-8-6-7-15(23)13-16/h6-8,13H,4-5,9-12,14H2,1-3H3,(H,24,25). The molecular weight excluding hydrogens is 418 g/mol. The first-order valence-corrected chi connectivity index (χ1v) is 11.7. The van der Waals surface area contributed by atoms with Crippen LogP contribution in [0.3, 0.4) is 0 Å². The molecule has 0 saturated heterocycles. The number of thiophene rings is 1. The minimum Gasteiger partial charge on any atom is -0.354 e. The number of nitrogens with one attached hydrogen (secondary N) is 1. The average molecular weight is 446 g/mol. The van der Waals surface area contributed by atoms with Gasteiger partial charge in [-0.05, 0) is 50.3 Å². The number of halogens is 1. The summed E-state index contributed by atoms with van der Waals surface area (Å²) in [5.74, 6) is 0.578. The van der Waals surface area contributed by atoms with Crippen molar-refractivity contribution in [3.63, 3.8) is 0 Å². The molecule has 30 heavy (non-hydrogen) atoms. The summed E-state index contributed by atoms with van der Waals surface area (Å²) in [4.78, 5) is 25.3. The Bertz CT molecular complexity index is 1100. The molecule has 1 aliphatic heterocycles. The van der Waals surface area contributed by atoms with E-state index in [1.807, 2.05) is 24.3 Å². The van der Waals surface area contributed by atoms with Gasteiger partial charge in [-0.3, -0.25) is 4.79 Å². The number of likely N-dealkylation sites (N-methyl/N-ethyl adjacent to an activating group) is 2. The summed E-state index contributed by atoms with van der Waals surface area (Å²) in [6, 6.07) is 7.41. The van der Waals surface area contributed by atoms with Crippen LogP contribution in [0.1, 0.15) is 24.3 Å². The number of rotatable bonds is 7. The van der Waals surface area contributed by atoms with E-state index in [1.54, 1.807) is 15.9 Å². The molecule has 2 aromatic heterocycles. The molecule has 3 aromatic rings. The highest BCUT2D eigenvalue weighted by atomic mass is 35.5. The Balaban J connectivity index is 1.82. The van der Waals surface area contributed by atoms with Gasteiger partial charge in [0.2, 0.25) is 5.95 Å². The zero-order chi connectivity index (χ0) is 21.3. The number of anilines is 1. The SMILES string of the molecule is CCN(CC)CCNc1nc2sc3c(c2c(=O)n1-c1cccc(Cl)c1)CCN(C)C3. The van der Waals surface area contributed by atoms with Gasteiger partial charge in [0.1, 0.15) is 4.83 Å². The van der Waals surface area contributed by atoms with Gasteiger partial charge in [-0.1, -0.05) is 31.5 Å². The zero-order valence-corrected chi connectivity index (χ0v) is 19.3. The van der Waals surface area contributed by atoms with Crippen LogP contribution >= 0.6 is 22.9 Å². The van der Waals surface area contributed by atoms with Crippen LogP contribution in [0.2, 0.25) is 5.02 Å². The lowest BCUT2D eigenvalue weighted by Crippen LogP contribution is -2.31. The summed E-state index contributed by atoms with van der Waals surface area (Å²) >= 11 is 7.89. The fourth-order valence-corrected chi connectivity index (χ4v) is 5.48. The number of hydrogen-bond donors (Lipinski definition) is 1. The third-order valence-electron chi connectivity index (χ3n) is 5.74. The molecule has 0 spiro atoms. The van der Waals surface area contributed by atoms with Gasteiger partial charge in [0.15, 0.2) is 0 Å². The van der Waals surface area contributed by atoms with Crippen molar-refractivity contribution in [2.24, 2.45) is 0 Å². The van der Waals surface area contributed by atoms with E-state index in [2.05, 4.69) is 36.0 Å². The molecule has 1 aromatic carbocycles. The summed E-state index contributed by atoms with van der Waals surface area (Å²) in [5.41, 5.74) is 1.88. The third-order valence-corrected chi connectivity index (χ3v) is 7.08. The molecule has 0 radical (unpaired) electrons. The molecule has 0 amide bonds. The molecule has 0 aliphatic carbocycles. The Morgan fingerprint density at radius 3 is 2.83 bits per heavy atom. The van der Waals surface area contributed by atoms with E-state index in [9.17, 15) is 4.79 Å². The smallest absolute Gasteiger partial charge is 0.268 e.